The molecule has 0 aliphatic rings. The number of rotatable bonds is 6. The Hall–Kier alpha value is -1.31. The molecule has 0 spiro atoms. The molecule has 0 aliphatic heterocycles. The van der Waals surface area contributed by atoms with Crippen LogP contribution in [0.15, 0.2) is 48.5 Å². The molecule has 0 amide bonds. The van der Waals surface area contributed by atoms with Crippen molar-refractivity contribution in [2.45, 2.75) is 32.7 Å². The van der Waals surface area contributed by atoms with Crippen molar-refractivity contribution in [1.82, 2.24) is 5.32 Å². The number of nitrogens with one attached hydrogen (secondary N) is 1. The average Bonchev–Trinajstić information content (AvgIpc) is 2.48. The highest BCUT2D eigenvalue weighted by Gasteiger charge is 2.13. The lowest BCUT2D eigenvalue weighted by Crippen LogP contribution is -2.23. The van der Waals surface area contributed by atoms with E-state index in [1.54, 1.807) is 0 Å². The zero-order valence-electron chi connectivity index (χ0n) is 12.2. The van der Waals surface area contributed by atoms with E-state index in [0.29, 0.717) is 0 Å². The fourth-order valence-electron chi connectivity index (χ4n) is 2.40. The van der Waals surface area contributed by atoms with E-state index in [2.05, 4.69) is 49.5 Å². The van der Waals surface area contributed by atoms with E-state index in [4.69, 9.17) is 11.6 Å². The molecule has 0 radical (unpaired) electrons. The fraction of sp³-hybridized carbons (Fsp3) is 0.333. The monoisotopic (exact) mass is 287 g/mol. The van der Waals surface area contributed by atoms with E-state index in [9.17, 15) is 0 Å². The summed E-state index contributed by atoms with van der Waals surface area (Å²) in [4.78, 5) is 0. The standard InChI is InChI=1S/C18H22ClN/c1-3-11-20-18(16-9-6-10-17(19)13-16)15-8-5-7-14(4-2)12-15/h5-10,12-13,18,20H,3-4,11H2,1-2H3. The molecule has 1 atom stereocenters. The van der Waals surface area contributed by atoms with Crippen molar-refractivity contribution in [3.8, 4) is 0 Å². The smallest absolute Gasteiger partial charge is 0.0577 e. The summed E-state index contributed by atoms with van der Waals surface area (Å²) < 4.78 is 0. The first-order valence-corrected chi connectivity index (χ1v) is 7.70. The summed E-state index contributed by atoms with van der Waals surface area (Å²) in [5, 5.41) is 4.41. The third-order valence-electron chi connectivity index (χ3n) is 3.47. The number of hydrogen-bond donors (Lipinski definition) is 1. The van der Waals surface area contributed by atoms with E-state index < -0.39 is 0 Å². The van der Waals surface area contributed by atoms with Crippen molar-refractivity contribution in [2.75, 3.05) is 6.54 Å². The van der Waals surface area contributed by atoms with Gasteiger partial charge in [-0.1, -0.05) is 61.8 Å². The topological polar surface area (TPSA) is 12.0 Å². The van der Waals surface area contributed by atoms with Crippen LogP contribution in [0.5, 0.6) is 0 Å². The highest BCUT2D eigenvalue weighted by atomic mass is 35.5. The lowest BCUT2D eigenvalue weighted by atomic mass is 9.96. The van der Waals surface area contributed by atoms with Crippen molar-refractivity contribution in [2.24, 2.45) is 0 Å². The van der Waals surface area contributed by atoms with Crippen LogP contribution in [0.1, 0.15) is 43.0 Å². The van der Waals surface area contributed by atoms with Gasteiger partial charge >= 0.3 is 0 Å². The number of benzene rings is 2. The molecule has 106 valence electrons. The first-order chi connectivity index (χ1) is 9.74. The Morgan fingerprint density at radius 2 is 1.70 bits per heavy atom. The molecule has 0 saturated carbocycles. The Balaban J connectivity index is 2.35. The molecular weight excluding hydrogens is 266 g/mol. The van der Waals surface area contributed by atoms with Gasteiger partial charge in [-0.2, -0.15) is 0 Å². The van der Waals surface area contributed by atoms with Crippen LogP contribution in [0.4, 0.5) is 0 Å². The van der Waals surface area contributed by atoms with Gasteiger partial charge in [-0.05, 0) is 48.2 Å². The zero-order chi connectivity index (χ0) is 14.4. The first kappa shape index (κ1) is 15.1. The molecule has 0 heterocycles. The predicted molar refractivity (Wildman–Crippen MR) is 87.4 cm³/mol. The maximum absolute atomic E-state index is 6.14. The van der Waals surface area contributed by atoms with Gasteiger partial charge in [0, 0.05) is 5.02 Å². The largest absolute Gasteiger partial charge is 0.306 e. The Morgan fingerprint density at radius 3 is 2.35 bits per heavy atom. The second-order valence-corrected chi connectivity index (χ2v) is 5.48. The highest BCUT2D eigenvalue weighted by Crippen LogP contribution is 2.25. The van der Waals surface area contributed by atoms with Crippen LogP contribution in [0, 0.1) is 0 Å². The van der Waals surface area contributed by atoms with Crippen LogP contribution < -0.4 is 5.32 Å². The second-order valence-electron chi connectivity index (χ2n) is 5.04. The molecule has 2 heteroatoms. The van der Waals surface area contributed by atoms with Crippen LogP contribution in [0.3, 0.4) is 0 Å². The van der Waals surface area contributed by atoms with Gasteiger partial charge in [0.05, 0.1) is 6.04 Å². The Kier molecular flexibility index (Phi) is 5.63. The molecule has 0 fully saturated rings. The number of hydrogen-bond acceptors (Lipinski definition) is 1. The van der Waals surface area contributed by atoms with Crippen LogP contribution in [0.2, 0.25) is 5.02 Å². The summed E-state index contributed by atoms with van der Waals surface area (Å²) in [7, 11) is 0. The number of halogens is 1. The van der Waals surface area contributed by atoms with Crippen LogP contribution >= 0.6 is 11.6 Å². The van der Waals surface area contributed by atoms with Crippen molar-refractivity contribution >= 4 is 11.6 Å². The summed E-state index contributed by atoms with van der Waals surface area (Å²) in [6.45, 7) is 5.37. The zero-order valence-corrected chi connectivity index (χ0v) is 13.0. The van der Waals surface area contributed by atoms with Gasteiger partial charge in [-0.25, -0.2) is 0 Å². The number of aryl methyl sites for hydroxylation is 1. The molecule has 1 unspecified atom stereocenters. The average molecular weight is 288 g/mol. The van der Waals surface area contributed by atoms with E-state index >= 15 is 0 Å². The van der Waals surface area contributed by atoms with Crippen molar-refractivity contribution in [1.29, 1.82) is 0 Å². The maximum Gasteiger partial charge on any atom is 0.0577 e. The summed E-state index contributed by atoms with van der Waals surface area (Å²) in [5.74, 6) is 0. The second kappa shape index (κ2) is 7.47. The van der Waals surface area contributed by atoms with Gasteiger partial charge in [0.25, 0.3) is 0 Å². The summed E-state index contributed by atoms with van der Waals surface area (Å²) in [5.41, 5.74) is 3.90. The van der Waals surface area contributed by atoms with E-state index in [1.165, 1.54) is 16.7 Å². The first-order valence-electron chi connectivity index (χ1n) is 7.32. The summed E-state index contributed by atoms with van der Waals surface area (Å²) in [6, 6.07) is 17.1. The molecule has 2 aromatic rings. The molecular formula is C18H22ClN. The van der Waals surface area contributed by atoms with E-state index in [-0.39, 0.29) is 6.04 Å². The summed E-state index contributed by atoms with van der Waals surface area (Å²) in [6.07, 6.45) is 2.18. The van der Waals surface area contributed by atoms with Gasteiger partial charge < -0.3 is 5.32 Å². The van der Waals surface area contributed by atoms with Crippen LogP contribution in [-0.2, 0) is 6.42 Å². The fourth-order valence-corrected chi connectivity index (χ4v) is 2.59. The SMILES string of the molecule is CCCNC(c1cccc(Cl)c1)c1cccc(CC)c1. The summed E-state index contributed by atoms with van der Waals surface area (Å²) >= 11 is 6.14. The van der Waals surface area contributed by atoms with Gasteiger partial charge in [-0.15, -0.1) is 0 Å². The molecule has 1 nitrogen and oxygen atoms in total. The molecule has 20 heavy (non-hydrogen) atoms. The van der Waals surface area contributed by atoms with Gasteiger partial charge in [-0.3, -0.25) is 0 Å². The molecule has 0 bridgehead atoms. The lowest BCUT2D eigenvalue weighted by Gasteiger charge is -2.20. The van der Waals surface area contributed by atoms with Crippen LogP contribution in [0.25, 0.3) is 0 Å². The minimum Gasteiger partial charge on any atom is -0.306 e. The molecule has 0 saturated heterocycles. The maximum atomic E-state index is 6.14. The molecule has 2 aromatic carbocycles. The highest BCUT2D eigenvalue weighted by molar-refractivity contribution is 6.30. The van der Waals surface area contributed by atoms with Crippen LogP contribution in [-0.4, -0.2) is 6.54 Å². The Labute approximate surface area is 127 Å². The van der Waals surface area contributed by atoms with Crippen molar-refractivity contribution in [3.05, 3.63) is 70.2 Å². The normalized spacial score (nSPS) is 12.3. The third kappa shape index (κ3) is 3.84. The molecule has 2 rings (SSSR count). The van der Waals surface area contributed by atoms with Gasteiger partial charge in [0.1, 0.15) is 0 Å². The molecule has 0 aliphatic carbocycles. The van der Waals surface area contributed by atoms with E-state index in [0.717, 1.165) is 24.4 Å². The minimum absolute atomic E-state index is 0.208. The van der Waals surface area contributed by atoms with Crippen molar-refractivity contribution in [3.63, 3.8) is 0 Å². The third-order valence-corrected chi connectivity index (χ3v) is 3.71. The van der Waals surface area contributed by atoms with Gasteiger partial charge in [0.15, 0.2) is 0 Å². The molecule has 1 N–H and O–H groups in total. The predicted octanol–water partition coefficient (Wildman–Crippen LogP) is 4.99. The molecule has 0 aromatic heterocycles. The minimum atomic E-state index is 0.208. The quantitative estimate of drug-likeness (QED) is 0.789. The van der Waals surface area contributed by atoms with Crippen molar-refractivity contribution < 1.29 is 0 Å². The Bertz CT molecular complexity index is 551. The van der Waals surface area contributed by atoms with E-state index in [1.807, 2.05) is 18.2 Å². The Morgan fingerprint density at radius 1 is 1.00 bits per heavy atom. The van der Waals surface area contributed by atoms with Gasteiger partial charge in [0.2, 0.25) is 0 Å². The lowest BCUT2D eigenvalue weighted by molar-refractivity contribution is 0.598.